The van der Waals surface area contributed by atoms with Crippen LogP contribution < -0.4 is 5.32 Å². The van der Waals surface area contributed by atoms with Crippen LogP contribution in [0.3, 0.4) is 0 Å². The number of nitrogens with one attached hydrogen (secondary N) is 1. The Hall–Kier alpha value is -3.29. The summed E-state index contributed by atoms with van der Waals surface area (Å²) in [4.78, 5) is 11.6. The van der Waals surface area contributed by atoms with Crippen LogP contribution in [0, 0.1) is 5.92 Å². The molecule has 0 saturated heterocycles. The first-order chi connectivity index (χ1) is 16.3. The van der Waals surface area contributed by atoms with Crippen molar-refractivity contribution in [3.63, 3.8) is 0 Å². The van der Waals surface area contributed by atoms with E-state index in [9.17, 15) is 5.11 Å². The molecule has 0 amide bonds. The van der Waals surface area contributed by atoms with Gasteiger partial charge >= 0.3 is 0 Å². The zero-order chi connectivity index (χ0) is 22.2. The lowest BCUT2D eigenvalue weighted by Crippen LogP contribution is -2.13. The van der Waals surface area contributed by atoms with Crippen LogP contribution in [0.1, 0.15) is 28.8 Å². The van der Waals surface area contributed by atoms with Crippen LogP contribution in [0.25, 0.3) is 21.1 Å². The minimum absolute atomic E-state index is 0.266. The normalized spacial score (nSPS) is 15.7. The second-order valence-electron chi connectivity index (χ2n) is 8.71. The van der Waals surface area contributed by atoms with E-state index in [4.69, 9.17) is 0 Å². The van der Waals surface area contributed by atoms with Gasteiger partial charge in [-0.3, -0.25) is 4.68 Å². The first-order valence-corrected chi connectivity index (χ1v) is 12.2. The van der Waals surface area contributed by atoms with E-state index in [1.54, 1.807) is 17.7 Å². The van der Waals surface area contributed by atoms with E-state index in [-0.39, 0.29) is 6.61 Å². The van der Waals surface area contributed by atoms with Gasteiger partial charge in [0, 0.05) is 22.6 Å². The number of anilines is 2. The summed E-state index contributed by atoms with van der Waals surface area (Å²) in [7, 11) is 0. The zero-order valence-electron chi connectivity index (χ0n) is 18.2. The molecule has 0 saturated carbocycles. The number of aliphatic hydroxyl groups excluding tert-OH is 1. The van der Waals surface area contributed by atoms with Gasteiger partial charge in [0.2, 0.25) is 0 Å². The number of aromatic nitrogens is 4. The standard InChI is InChI=1S/C26H25N5OS/c32-11-10-17-6-8-21-23(12-17)33-26-24(21)25(27-16-28-26)30-20-7-9-22-19(13-20)14-29-31(22)15-18-4-2-1-3-5-18/h1-5,7,9,13-14,16-17,32H,6,8,10-12,15H2,(H,27,28,30). The van der Waals surface area contributed by atoms with Crippen molar-refractivity contribution in [2.24, 2.45) is 5.92 Å². The fraction of sp³-hybridized carbons (Fsp3) is 0.269. The number of thiophene rings is 1. The van der Waals surface area contributed by atoms with E-state index in [0.29, 0.717) is 5.92 Å². The van der Waals surface area contributed by atoms with Crippen LogP contribution in [0.4, 0.5) is 11.5 Å². The van der Waals surface area contributed by atoms with Crippen molar-refractivity contribution in [2.75, 3.05) is 11.9 Å². The van der Waals surface area contributed by atoms with Crippen molar-refractivity contribution in [1.29, 1.82) is 0 Å². The maximum Gasteiger partial charge on any atom is 0.142 e. The molecule has 0 spiro atoms. The Morgan fingerprint density at radius 3 is 2.91 bits per heavy atom. The van der Waals surface area contributed by atoms with Crippen molar-refractivity contribution in [2.45, 2.75) is 32.2 Å². The van der Waals surface area contributed by atoms with Gasteiger partial charge < -0.3 is 10.4 Å². The van der Waals surface area contributed by atoms with E-state index in [2.05, 4.69) is 62.8 Å². The highest BCUT2D eigenvalue weighted by molar-refractivity contribution is 7.19. The molecule has 0 radical (unpaired) electrons. The molecule has 6 nitrogen and oxygen atoms in total. The Morgan fingerprint density at radius 2 is 2.03 bits per heavy atom. The average Bonchev–Trinajstić information content (AvgIpc) is 3.41. The molecule has 7 heteroatoms. The Bertz CT molecular complexity index is 1430. The molecule has 0 bridgehead atoms. The number of rotatable bonds is 6. The molecule has 3 heterocycles. The van der Waals surface area contributed by atoms with Crippen LogP contribution in [0.2, 0.25) is 0 Å². The van der Waals surface area contributed by atoms with Crippen LogP contribution >= 0.6 is 11.3 Å². The number of fused-ring (bicyclic) bond motifs is 4. The van der Waals surface area contributed by atoms with Gasteiger partial charge in [0.15, 0.2) is 0 Å². The Balaban J connectivity index is 1.30. The SMILES string of the molecule is OCCC1CCc2c(sc3ncnc(Nc4ccc5c(cnn5Cc5ccccc5)c4)c23)C1. The highest BCUT2D eigenvalue weighted by Crippen LogP contribution is 2.41. The maximum atomic E-state index is 9.33. The van der Waals surface area contributed by atoms with E-state index in [1.807, 2.05) is 16.9 Å². The second-order valence-corrected chi connectivity index (χ2v) is 9.80. The summed E-state index contributed by atoms with van der Waals surface area (Å²) in [6.07, 6.45) is 7.61. The first-order valence-electron chi connectivity index (χ1n) is 11.4. The number of aryl methyl sites for hydroxylation is 1. The van der Waals surface area contributed by atoms with E-state index in [1.165, 1.54) is 16.0 Å². The second kappa shape index (κ2) is 8.57. The van der Waals surface area contributed by atoms with Crippen molar-refractivity contribution >= 4 is 44.0 Å². The molecule has 1 aliphatic rings. The number of benzene rings is 2. The summed E-state index contributed by atoms with van der Waals surface area (Å²) in [6, 6.07) is 16.7. The Kier molecular flexibility index (Phi) is 5.28. The zero-order valence-corrected chi connectivity index (χ0v) is 19.1. The number of nitrogens with zero attached hydrogens (tertiary/aromatic N) is 4. The molecule has 2 N–H and O–H groups in total. The predicted octanol–water partition coefficient (Wildman–Crippen LogP) is 5.32. The van der Waals surface area contributed by atoms with Gasteiger partial charge in [-0.15, -0.1) is 11.3 Å². The van der Waals surface area contributed by atoms with E-state index in [0.717, 1.165) is 64.9 Å². The smallest absolute Gasteiger partial charge is 0.142 e. The van der Waals surface area contributed by atoms with Crippen LogP contribution in [-0.4, -0.2) is 31.5 Å². The molecule has 1 aliphatic carbocycles. The monoisotopic (exact) mass is 455 g/mol. The van der Waals surface area contributed by atoms with Crippen molar-refractivity contribution in [1.82, 2.24) is 19.7 Å². The highest BCUT2D eigenvalue weighted by atomic mass is 32.1. The van der Waals surface area contributed by atoms with Gasteiger partial charge in [0.25, 0.3) is 0 Å². The third kappa shape index (κ3) is 3.87. The summed E-state index contributed by atoms with van der Waals surface area (Å²) in [5, 5.41) is 19.7. The largest absolute Gasteiger partial charge is 0.396 e. The van der Waals surface area contributed by atoms with Gasteiger partial charge in [-0.1, -0.05) is 30.3 Å². The lowest BCUT2D eigenvalue weighted by Gasteiger charge is -2.21. The quantitative estimate of drug-likeness (QED) is 0.362. The lowest BCUT2D eigenvalue weighted by molar-refractivity contribution is 0.249. The molecule has 3 aromatic heterocycles. The summed E-state index contributed by atoms with van der Waals surface area (Å²) >= 11 is 1.77. The molecule has 1 unspecified atom stereocenters. The third-order valence-corrected chi connectivity index (χ3v) is 7.73. The van der Waals surface area contributed by atoms with Crippen molar-refractivity contribution in [3.8, 4) is 0 Å². The number of hydrogen-bond donors (Lipinski definition) is 2. The van der Waals surface area contributed by atoms with Crippen LogP contribution in [0.5, 0.6) is 0 Å². The number of hydrogen-bond acceptors (Lipinski definition) is 6. The molecular weight excluding hydrogens is 430 g/mol. The lowest BCUT2D eigenvalue weighted by atomic mass is 9.86. The third-order valence-electron chi connectivity index (χ3n) is 6.56. The van der Waals surface area contributed by atoms with Gasteiger partial charge in [-0.25, -0.2) is 9.97 Å². The molecule has 166 valence electrons. The molecule has 33 heavy (non-hydrogen) atoms. The van der Waals surface area contributed by atoms with Gasteiger partial charge in [0.1, 0.15) is 17.0 Å². The van der Waals surface area contributed by atoms with Crippen molar-refractivity contribution in [3.05, 3.63) is 77.1 Å². The van der Waals surface area contributed by atoms with Gasteiger partial charge in [0.05, 0.1) is 23.6 Å². The molecule has 6 rings (SSSR count). The van der Waals surface area contributed by atoms with Gasteiger partial charge in [-0.05, 0) is 60.9 Å². The molecular formula is C26H25N5OS. The first kappa shape index (κ1) is 20.3. The minimum Gasteiger partial charge on any atom is -0.396 e. The Morgan fingerprint density at radius 1 is 1.12 bits per heavy atom. The molecule has 2 aromatic carbocycles. The Labute approximate surface area is 195 Å². The van der Waals surface area contributed by atoms with Crippen molar-refractivity contribution < 1.29 is 5.11 Å². The van der Waals surface area contributed by atoms with E-state index < -0.39 is 0 Å². The summed E-state index contributed by atoms with van der Waals surface area (Å²) in [5.74, 6) is 1.43. The maximum absolute atomic E-state index is 9.33. The summed E-state index contributed by atoms with van der Waals surface area (Å²) < 4.78 is 2.04. The van der Waals surface area contributed by atoms with Crippen LogP contribution in [-0.2, 0) is 19.4 Å². The summed E-state index contributed by atoms with van der Waals surface area (Å²) in [5.41, 5.74) is 4.72. The predicted molar refractivity (Wildman–Crippen MR) is 133 cm³/mol. The highest BCUT2D eigenvalue weighted by Gasteiger charge is 2.25. The van der Waals surface area contributed by atoms with E-state index >= 15 is 0 Å². The van der Waals surface area contributed by atoms with Gasteiger partial charge in [-0.2, -0.15) is 5.10 Å². The molecule has 1 atom stereocenters. The minimum atomic E-state index is 0.266. The molecule has 5 aromatic rings. The molecule has 0 fully saturated rings. The fourth-order valence-electron chi connectivity index (χ4n) is 4.89. The summed E-state index contributed by atoms with van der Waals surface area (Å²) in [6.45, 7) is 1.02. The topological polar surface area (TPSA) is 75.9 Å². The molecule has 0 aliphatic heterocycles. The fourth-order valence-corrected chi connectivity index (χ4v) is 6.19. The number of aliphatic hydroxyl groups is 1. The average molecular weight is 456 g/mol. The van der Waals surface area contributed by atoms with Crippen LogP contribution in [0.15, 0.2) is 61.1 Å².